The zero-order chi connectivity index (χ0) is 16.5. The predicted octanol–water partition coefficient (Wildman–Crippen LogP) is 2.71. The maximum atomic E-state index is 12.6. The summed E-state index contributed by atoms with van der Waals surface area (Å²) in [6.07, 6.45) is -3.41. The van der Waals surface area contributed by atoms with Crippen molar-refractivity contribution >= 4 is 11.9 Å². The fourth-order valence-electron chi connectivity index (χ4n) is 2.45. The summed E-state index contributed by atoms with van der Waals surface area (Å²) < 4.78 is 37.9. The summed E-state index contributed by atoms with van der Waals surface area (Å²) >= 11 is 0. The highest BCUT2D eigenvalue weighted by Gasteiger charge is 2.47. The zero-order valence-electron chi connectivity index (χ0n) is 12.2. The quantitative estimate of drug-likeness (QED) is 0.869. The van der Waals surface area contributed by atoms with E-state index in [1.807, 2.05) is 6.92 Å². The molecular formula is C14H16F3N3O2. The second-order valence-electron chi connectivity index (χ2n) is 5.42. The number of carbonyl (C=O) groups is 2. The van der Waals surface area contributed by atoms with E-state index >= 15 is 0 Å². The molecule has 1 unspecified atom stereocenters. The number of nitrogens with one attached hydrogen (secondary N) is 1. The van der Waals surface area contributed by atoms with Crippen LogP contribution in [0.15, 0.2) is 18.2 Å². The van der Waals surface area contributed by atoms with Crippen molar-refractivity contribution in [2.24, 2.45) is 0 Å². The molecule has 1 atom stereocenters. The molecule has 1 fully saturated rings. The summed E-state index contributed by atoms with van der Waals surface area (Å²) in [5.74, 6) is -0.446. The molecule has 2 heterocycles. The Hall–Kier alpha value is -2.12. The van der Waals surface area contributed by atoms with E-state index in [9.17, 15) is 22.8 Å². The first-order chi connectivity index (χ1) is 10.2. The number of urea groups is 1. The molecule has 0 aromatic carbocycles. The van der Waals surface area contributed by atoms with Crippen LogP contribution in [0.3, 0.4) is 0 Å². The highest BCUT2D eigenvalue weighted by Crippen LogP contribution is 2.28. The summed E-state index contributed by atoms with van der Waals surface area (Å²) in [5, 5.41) is 2.58. The molecule has 8 heteroatoms. The van der Waals surface area contributed by atoms with E-state index in [2.05, 4.69) is 10.3 Å². The Morgan fingerprint density at radius 2 is 2.00 bits per heavy atom. The van der Waals surface area contributed by atoms with Crippen molar-refractivity contribution in [1.29, 1.82) is 0 Å². The lowest BCUT2D eigenvalue weighted by Crippen LogP contribution is -2.43. The van der Waals surface area contributed by atoms with Crippen LogP contribution < -0.4 is 5.32 Å². The molecule has 0 radical (unpaired) electrons. The van der Waals surface area contributed by atoms with Crippen molar-refractivity contribution in [3.8, 4) is 0 Å². The van der Waals surface area contributed by atoms with Crippen LogP contribution >= 0.6 is 0 Å². The van der Waals surface area contributed by atoms with Gasteiger partial charge >= 0.3 is 12.2 Å². The molecule has 0 saturated carbocycles. The smallest absolute Gasteiger partial charge is 0.323 e. The Labute approximate surface area is 125 Å². The van der Waals surface area contributed by atoms with Gasteiger partial charge in [0.1, 0.15) is 11.2 Å². The van der Waals surface area contributed by atoms with Crippen molar-refractivity contribution in [1.82, 2.24) is 15.2 Å². The zero-order valence-corrected chi connectivity index (χ0v) is 12.2. The molecule has 0 spiro atoms. The van der Waals surface area contributed by atoms with Crippen LogP contribution in [0.4, 0.5) is 18.0 Å². The summed E-state index contributed by atoms with van der Waals surface area (Å²) in [6.45, 7) is 3.20. The van der Waals surface area contributed by atoms with Gasteiger partial charge in [0.05, 0.1) is 12.2 Å². The molecule has 0 aliphatic carbocycles. The molecule has 3 amide bonds. The van der Waals surface area contributed by atoms with Gasteiger partial charge in [-0.15, -0.1) is 0 Å². The first-order valence-corrected chi connectivity index (χ1v) is 6.84. The van der Waals surface area contributed by atoms with Crippen LogP contribution in [0, 0.1) is 0 Å². The van der Waals surface area contributed by atoms with E-state index in [1.54, 1.807) is 6.92 Å². The lowest BCUT2D eigenvalue weighted by Gasteiger charge is -2.20. The predicted molar refractivity (Wildman–Crippen MR) is 71.6 cm³/mol. The van der Waals surface area contributed by atoms with Crippen molar-refractivity contribution in [2.75, 3.05) is 0 Å². The molecule has 120 valence electrons. The van der Waals surface area contributed by atoms with E-state index < -0.39 is 29.3 Å². The number of hydrogen-bond donors (Lipinski definition) is 1. The highest BCUT2D eigenvalue weighted by atomic mass is 19.4. The minimum atomic E-state index is -4.57. The Kier molecular flexibility index (Phi) is 4.12. The Bertz CT molecular complexity index is 603. The van der Waals surface area contributed by atoms with Crippen LogP contribution in [0.25, 0.3) is 0 Å². The van der Waals surface area contributed by atoms with Crippen LogP contribution in [0.5, 0.6) is 0 Å². The molecule has 2 rings (SSSR count). The van der Waals surface area contributed by atoms with E-state index in [1.165, 1.54) is 12.1 Å². The van der Waals surface area contributed by atoms with Gasteiger partial charge in [0.15, 0.2) is 0 Å². The molecule has 22 heavy (non-hydrogen) atoms. The van der Waals surface area contributed by atoms with Gasteiger partial charge in [-0.2, -0.15) is 13.2 Å². The monoisotopic (exact) mass is 315 g/mol. The van der Waals surface area contributed by atoms with Crippen LogP contribution in [0.2, 0.25) is 0 Å². The number of hydrogen-bond acceptors (Lipinski definition) is 3. The first-order valence-electron chi connectivity index (χ1n) is 6.84. The number of imide groups is 1. The van der Waals surface area contributed by atoms with E-state index in [-0.39, 0.29) is 12.2 Å². The molecule has 1 aromatic heterocycles. The summed E-state index contributed by atoms with van der Waals surface area (Å²) in [5.41, 5.74) is -2.04. The number of aromatic nitrogens is 1. The van der Waals surface area contributed by atoms with E-state index in [0.29, 0.717) is 12.8 Å². The summed E-state index contributed by atoms with van der Waals surface area (Å²) in [7, 11) is 0. The number of carbonyl (C=O) groups excluding carboxylic acids is 2. The summed E-state index contributed by atoms with van der Waals surface area (Å²) in [4.78, 5) is 28.6. The Morgan fingerprint density at radius 3 is 2.59 bits per heavy atom. The fraction of sp³-hybridized carbons (Fsp3) is 0.500. The van der Waals surface area contributed by atoms with Gasteiger partial charge in [-0.05, 0) is 25.5 Å². The van der Waals surface area contributed by atoms with Gasteiger partial charge in [0, 0.05) is 0 Å². The number of amides is 3. The third-order valence-corrected chi connectivity index (χ3v) is 3.51. The maximum absolute atomic E-state index is 12.6. The minimum absolute atomic E-state index is 0.0130. The average molecular weight is 315 g/mol. The largest absolute Gasteiger partial charge is 0.433 e. The molecule has 0 bridgehead atoms. The van der Waals surface area contributed by atoms with Gasteiger partial charge in [-0.1, -0.05) is 19.4 Å². The number of halogens is 3. The lowest BCUT2D eigenvalue weighted by molar-refractivity contribution is -0.141. The normalized spacial score (nSPS) is 22.1. The van der Waals surface area contributed by atoms with Crippen LogP contribution in [-0.4, -0.2) is 27.4 Å². The molecule has 1 aliphatic rings. The first kappa shape index (κ1) is 16.3. The van der Waals surface area contributed by atoms with Gasteiger partial charge in [0.25, 0.3) is 5.91 Å². The second kappa shape index (κ2) is 5.58. The topological polar surface area (TPSA) is 62.3 Å². The minimum Gasteiger partial charge on any atom is -0.323 e. The summed E-state index contributed by atoms with van der Waals surface area (Å²) in [6, 6.07) is 2.79. The maximum Gasteiger partial charge on any atom is 0.433 e. The van der Waals surface area contributed by atoms with Crippen molar-refractivity contribution in [3.05, 3.63) is 29.6 Å². The number of nitrogens with zero attached hydrogens (tertiary/aromatic N) is 2. The molecule has 1 saturated heterocycles. The van der Waals surface area contributed by atoms with Crippen LogP contribution in [-0.2, 0) is 17.5 Å². The molecule has 1 aromatic rings. The number of rotatable bonds is 4. The molecule has 1 aliphatic heterocycles. The van der Waals surface area contributed by atoms with E-state index in [4.69, 9.17) is 0 Å². The molecular weight excluding hydrogens is 299 g/mol. The fourth-order valence-corrected chi connectivity index (χ4v) is 2.45. The van der Waals surface area contributed by atoms with Gasteiger partial charge < -0.3 is 5.32 Å². The highest BCUT2D eigenvalue weighted by molar-refractivity contribution is 6.06. The average Bonchev–Trinajstić information content (AvgIpc) is 2.62. The second-order valence-corrected chi connectivity index (χ2v) is 5.42. The lowest BCUT2D eigenvalue weighted by atomic mass is 9.96. The van der Waals surface area contributed by atoms with Gasteiger partial charge in [-0.3, -0.25) is 9.69 Å². The third kappa shape index (κ3) is 3.05. The van der Waals surface area contributed by atoms with Gasteiger partial charge in [-0.25, -0.2) is 9.78 Å². The Balaban J connectivity index is 2.21. The van der Waals surface area contributed by atoms with Crippen LogP contribution in [0.1, 0.15) is 38.1 Å². The van der Waals surface area contributed by atoms with Crippen molar-refractivity contribution in [3.63, 3.8) is 0 Å². The van der Waals surface area contributed by atoms with E-state index in [0.717, 1.165) is 11.0 Å². The Morgan fingerprint density at radius 1 is 1.32 bits per heavy atom. The van der Waals surface area contributed by atoms with Crippen molar-refractivity contribution in [2.45, 2.75) is 44.9 Å². The number of alkyl halides is 3. The SMILES string of the molecule is CCCC1(C)NC(=O)N(Cc2cccc(C(F)(F)F)n2)C1=O. The third-order valence-electron chi connectivity index (χ3n) is 3.51. The standard InChI is InChI=1S/C14H16F3N3O2/c1-3-7-13(2)11(21)20(12(22)19-13)8-9-5-4-6-10(18-9)14(15,16)17/h4-6H,3,7-8H2,1-2H3,(H,19,22). The van der Waals surface area contributed by atoms with Gasteiger partial charge in [0.2, 0.25) is 0 Å². The number of pyridine rings is 1. The molecule has 1 N–H and O–H groups in total. The van der Waals surface area contributed by atoms with Crippen molar-refractivity contribution < 1.29 is 22.8 Å². The molecule has 5 nitrogen and oxygen atoms in total.